The molecule has 1 heterocycles. The first-order valence-corrected chi connectivity index (χ1v) is 6.08. The highest BCUT2D eigenvalue weighted by atomic mass is 16.5. The molecule has 16 heavy (non-hydrogen) atoms. The molecule has 4 nitrogen and oxygen atoms in total. The zero-order valence-electron chi connectivity index (χ0n) is 11.0. The van der Waals surface area contributed by atoms with Gasteiger partial charge in [0.1, 0.15) is 0 Å². The Labute approximate surface area is 99.1 Å². The first-order chi connectivity index (χ1) is 7.58. The minimum Gasteiger partial charge on any atom is -0.383 e. The van der Waals surface area contributed by atoms with Crippen LogP contribution in [0.15, 0.2) is 0 Å². The van der Waals surface area contributed by atoms with Gasteiger partial charge in [-0.25, -0.2) is 0 Å². The fraction of sp³-hybridized carbons (Fsp3) is 1.00. The summed E-state index contributed by atoms with van der Waals surface area (Å²) in [6.45, 7) is 7.38. The van der Waals surface area contributed by atoms with Crippen LogP contribution < -0.4 is 5.73 Å². The van der Waals surface area contributed by atoms with E-state index in [2.05, 4.69) is 25.8 Å². The van der Waals surface area contributed by atoms with Gasteiger partial charge < -0.3 is 15.2 Å². The minimum atomic E-state index is -0.0763. The van der Waals surface area contributed by atoms with Crippen molar-refractivity contribution in [2.75, 3.05) is 40.5 Å². The number of methoxy groups -OCH3 is 1. The Morgan fingerprint density at radius 3 is 2.62 bits per heavy atom. The summed E-state index contributed by atoms with van der Waals surface area (Å²) in [7, 11) is 3.89. The summed E-state index contributed by atoms with van der Waals surface area (Å²) < 4.78 is 10.8. The number of hydrogen-bond acceptors (Lipinski definition) is 4. The molecule has 2 atom stereocenters. The zero-order valence-corrected chi connectivity index (χ0v) is 11.0. The van der Waals surface area contributed by atoms with Crippen molar-refractivity contribution >= 4 is 0 Å². The van der Waals surface area contributed by atoms with Crippen molar-refractivity contribution in [1.82, 2.24) is 4.90 Å². The molecule has 0 aromatic carbocycles. The fourth-order valence-corrected chi connectivity index (χ4v) is 2.56. The van der Waals surface area contributed by atoms with Gasteiger partial charge in [-0.15, -0.1) is 0 Å². The second kappa shape index (κ2) is 5.96. The van der Waals surface area contributed by atoms with Crippen molar-refractivity contribution in [3.63, 3.8) is 0 Å². The molecule has 2 N–H and O–H groups in total. The molecule has 0 radical (unpaired) electrons. The van der Waals surface area contributed by atoms with Gasteiger partial charge in [0.15, 0.2) is 0 Å². The summed E-state index contributed by atoms with van der Waals surface area (Å²) in [5, 5.41) is 0. The van der Waals surface area contributed by atoms with Crippen molar-refractivity contribution in [1.29, 1.82) is 0 Å². The Morgan fingerprint density at radius 2 is 2.25 bits per heavy atom. The summed E-state index contributed by atoms with van der Waals surface area (Å²) in [6.07, 6.45) is 1.09. The molecule has 1 saturated heterocycles. The predicted octanol–water partition coefficient (Wildman–Crippen LogP) is 0.707. The van der Waals surface area contributed by atoms with Crippen LogP contribution in [-0.4, -0.2) is 57.0 Å². The van der Waals surface area contributed by atoms with E-state index in [1.165, 1.54) is 0 Å². The van der Waals surface area contributed by atoms with Crippen LogP contribution in [0.25, 0.3) is 0 Å². The van der Waals surface area contributed by atoms with Crippen molar-refractivity contribution in [2.24, 2.45) is 11.7 Å². The minimum absolute atomic E-state index is 0.0763. The van der Waals surface area contributed by atoms with Crippen LogP contribution in [0.2, 0.25) is 0 Å². The van der Waals surface area contributed by atoms with Gasteiger partial charge >= 0.3 is 0 Å². The number of ether oxygens (including phenoxy) is 2. The smallest absolute Gasteiger partial charge is 0.0661 e. The lowest BCUT2D eigenvalue weighted by Crippen LogP contribution is -2.62. The highest BCUT2D eigenvalue weighted by Gasteiger charge is 2.40. The van der Waals surface area contributed by atoms with Gasteiger partial charge in [-0.05, 0) is 19.4 Å². The van der Waals surface area contributed by atoms with Gasteiger partial charge in [0.05, 0.1) is 18.8 Å². The highest BCUT2D eigenvalue weighted by molar-refractivity contribution is 4.96. The third-order valence-electron chi connectivity index (χ3n) is 3.98. The van der Waals surface area contributed by atoms with E-state index in [9.17, 15) is 0 Å². The van der Waals surface area contributed by atoms with Crippen LogP contribution in [0.4, 0.5) is 0 Å². The number of likely N-dealkylation sites (N-methyl/N-ethyl adjacent to an activating group) is 1. The maximum absolute atomic E-state index is 6.00. The largest absolute Gasteiger partial charge is 0.383 e. The van der Waals surface area contributed by atoms with Crippen molar-refractivity contribution < 1.29 is 9.47 Å². The topological polar surface area (TPSA) is 47.7 Å². The number of rotatable bonds is 6. The van der Waals surface area contributed by atoms with Crippen LogP contribution in [-0.2, 0) is 9.47 Å². The highest BCUT2D eigenvalue weighted by Crippen LogP contribution is 2.28. The standard InChI is InChI=1S/C12H26N2O2/c1-10(2)12(8-13,9-15-4)14(3)11-5-6-16-7-11/h10-11H,5-9,13H2,1-4H3. The molecule has 96 valence electrons. The van der Waals surface area contributed by atoms with Crippen molar-refractivity contribution in [3.8, 4) is 0 Å². The van der Waals surface area contributed by atoms with Gasteiger partial charge in [-0.1, -0.05) is 13.8 Å². The Morgan fingerprint density at radius 1 is 1.56 bits per heavy atom. The molecule has 4 heteroatoms. The average molecular weight is 230 g/mol. The van der Waals surface area contributed by atoms with E-state index in [1.807, 2.05) is 0 Å². The zero-order chi connectivity index (χ0) is 12.2. The van der Waals surface area contributed by atoms with Crippen LogP contribution in [0.3, 0.4) is 0 Å². The lowest BCUT2D eigenvalue weighted by atomic mass is 9.84. The molecule has 0 spiro atoms. The SMILES string of the molecule is COCC(CN)(C(C)C)N(C)C1CCOC1. The third kappa shape index (κ3) is 2.56. The van der Waals surface area contributed by atoms with E-state index in [0.29, 0.717) is 25.1 Å². The third-order valence-corrected chi connectivity index (χ3v) is 3.98. The molecular formula is C12H26N2O2. The van der Waals surface area contributed by atoms with Gasteiger partial charge in [0, 0.05) is 26.3 Å². The lowest BCUT2D eigenvalue weighted by molar-refractivity contribution is -0.0259. The van der Waals surface area contributed by atoms with Gasteiger partial charge in [0.2, 0.25) is 0 Å². The molecule has 0 aromatic rings. The second-order valence-electron chi connectivity index (χ2n) is 5.02. The van der Waals surface area contributed by atoms with Crippen molar-refractivity contribution in [2.45, 2.75) is 31.8 Å². The second-order valence-corrected chi connectivity index (χ2v) is 5.02. The summed E-state index contributed by atoms with van der Waals surface area (Å²) in [5.74, 6) is 0.461. The summed E-state index contributed by atoms with van der Waals surface area (Å²) >= 11 is 0. The predicted molar refractivity (Wildman–Crippen MR) is 65.5 cm³/mol. The van der Waals surface area contributed by atoms with E-state index in [4.69, 9.17) is 15.2 Å². The van der Waals surface area contributed by atoms with E-state index in [0.717, 1.165) is 19.6 Å². The molecule has 0 amide bonds. The molecular weight excluding hydrogens is 204 g/mol. The fourth-order valence-electron chi connectivity index (χ4n) is 2.56. The van der Waals surface area contributed by atoms with Gasteiger partial charge in [-0.3, -0.25) is 4.90 Å². The van der Waals surface area contributed by atoms with E-state index in [-0.39, 0.29) is 5.54 Å². The van der Waals surface area contributed by atoms with Crippen LogP contribution in [0.1, 0.15) is 20.3 Å². The maximum atomic E-state index is 6.00. The van der Waals surface area contributed by atoms with Gasteiger partial charge in [0.25, 0.3) is 0 Å². The van der Waals surface area contributed by atoms with Crippen LogP contribution >= 0.6 is 0 Å². The monoisotopic (exact) mass is 230 g/mol. The first kappa shape index (κ1) is 13.9. The Hall–Kier alpha value is -0.160. The molecule has 1 aliphatic heterocycles. The molecule has 1 fully saturated rings. The molecule has 0 saturated carbocycles. The van der Waals surface area contributed by atoms with Crippen LogP contribution in [0, 0.1) is 5.92 Å². The lowest BCUT2D eigenvalue weighted by Gasteiger charge is -2.46. The number of hydrogen-bond donors (Lipinski definition) is 1. The number of nitrogens with zero attached hydrogens (tertiary/aromatic N) is 1. The van der Waals surface area contributed by atoms with Gasteiger partial charge in [-0.2, -0.15) is 0 Å². The van der Waals surface area contributed by atoms with E-state index in [1.54, 1.807) is 7.11 Å². The average Bonchev–Trinajstić information content (AvgIpc) is 2.77. The molecule has 2 unspecified atom stereocenters. The molecule has 0 bridgehead atoms. The summed E-state index contributed by atoms with van der Waals surface area (Å²) in [4.78, 5) is 2.37. The van der Waals surface area contributed by atoms with E-state index >= 15 is 0 Å². The quantitative estimate of drug-likeness (QED) is 0.730. The molecule has 0 aliphatic carbocycles. The summed E-state index contributed by atoms with van der Waals surface area (Å²) in [6, 6.07) is 0.473. The first-order valence-electron chi connectivity index (χ1n) is 6.08. The van der Waals surface area contributed by atoms with Crippen molar-refractivity contribution in [3.05, 3.63) is 0 Å². The normalized spacial score (nSPS) is 25.3. The molecule has 0 aromatic heterocycles. The Kier molecular flexibility index (Phi) is 5.18. The molecule has 1 rings (SSSR count). The Balaban J connectivity index is 2.80. The van der Waals surface area contributed by atoms with Crippen LogP contribution in [0.5, 0.6) is 0 Å². The maximum Gasteiger partial charge on any atom is 0.0661 e. The van der Waals surface area contributed by atoms with E-state index < -0.39 is 0 Å². The molecule has 1 aliphatic rings. The summed E-state index contributed by atoms with van der Waals surface area (Å²) in [5.41, 5.74) is 5.92. The number of nitrogens with two attached hydrogens (primary N) is 1. The Bertz CT molecular complexity index is 205.